The first-order valence-electron chi connectivity index (χ1n) is 28.6. The number of likely N-dealkylation sites (N-methyl/N-ethyl adjacent to an activating group) is 1. The molecule has 8 nitrogen and oxygen atoms in total. The standard InChI is InChI=1S/C56H113N2O6P/c1-6-8-10-12-14-16-18-19-20-21-22-23-24-25-26-27-28-29-30-31-32-33-34-35-36-37-38-39-40-42-44-46-48-50-56(60)57-54(53-64-65(61,62)63-52-51-58(3,4)5)55(59)49-47-45-43-41-17-15-13-11-9-7-2/h47,49,54-55,59H,6-46,48,50-53H2,1-5H3,(H-,57,60,61,62)/b49-47+. The zero-order chi connectivity index (χ0) is 47.8. The zero-order valence-corrected chi connectivity index (χ0v) is 45.1. The number of quaternary nitrogens is 1. The van der Waals surface area contributed by atoms with Crippen LogP contribution in [-0.2, 0) is 18.4 Å². The largest absolute Gasteiger partial charge is 0.756 e. The van der Waals surface area contributed by atoms with E-state index >= 15 is 0 Å². The van der Waals surface area contributed by atoms with Gasteiger partial charge >= 0.3 is 0 Å². The Morgan fingerprint density at radius 3 is 1.15 bits per heavy atom. The van der Waals surface area contributed by atoms with E-state index in [4.69, 9.17) is 9.05 Å². The second kappa shape index (κ2) is 48.3. The first kappa shape index (κ1) is 64.2. The number of phosphoric ester groups is 1. The van der Waals surface area contributed by atoms with Crippen LogP contribution in [-0.4, -0.2) is 68.5 Å². The van der Waals surface area contributed by atoms with E-state index in [0.29, 0.717) is 17.4 Å². The Morgan fingerprint density at radius 1 is 0.523 bits per heavy atom. The van der Waals surface area contributed by atoms with Crippen LogP contribution in [0, 0.1) is 0 Å². The number of aliphatic hydroxyl groups is 1. The highest BCUT2D eigenvalue weighted by atomic mass is 31.2. The Balaban J connectivity index is 3.88. The molecule has 0 aliphatic heterocycles. The number of allylic oxidation sites excluding steroid dienone is 1. The molecule has 65 heavy (non-hydrogen) atoms. The molecule has 0 saturated heterocycles. The predicted octanol–water partition coefficient (Wildman–Crippen LogP) is 16.4. The normalized spacial score (nSPS) is 14.0. The van der Waals surface area contributed by atoms with Crippen molar-refractivity contribution in [2.24, 2.45) is 0 Å². The van der Waals surface area contributed by atoms with Crippen molar-refractivity contribution in [2.45, 2.75) is 302 Å². The monoisotopic (exact) mass is 941 g/mol. The quantitative estimate of drug-likeness (QED) is 0.0272. The van der Waals surface area contributed by atoms with Gasteiger partial charge in [0.15, 0.2) is 0 Å². The highest BCUT2D eigenvalue weighted by Crippen LogP contribution is 2.38. The molecular formula is C56H113N2O6P. The van der Waals surface area contributed by atoms with E-state index in [9.17, 15) is 19.4 Å². The number of amides is 1. The minimum absolute atomic E-state index is 0.00207. The molecule has 388 valence electrons. The number of nitrogens with zero attached hydrogens (tertiary/aromatic N) is 1. The fraction of sp³-hybridized carbons (Fsp3) is 0.946. The number of rotatable bonds is 53. The maximum Gasteiger partial charge on any atom is 0.268 e. The molecule has 0 aliphatic rings. The Labute approximate surface area is 405 Å². The highest BCUT2D eigenvalue weighted by molar-refractivity contribution is 7.45. The second-order valence-electron chi connectivity index (χ2n) is 21.0. The van der Waals surface area contributed by atoms with E-state index < -0.39 is 20.0 Å². The third-order valence-electron chi connectivity index (χ3n) is 13.2. The Kier molecular flexibility index (Phi) is 47.7. The summed E-state index contributed by atoms with van der Waals surface area (Å²) in [5.74, 6) is -0.193. The second-order valence-corrected chi connectivity index (χ2v) is 22.4. The van der Waals surface area contributed by atoms with Crippen LogP contribution in [0.3, 0.4) is 0 Å². The Morgan fingerprint density at radius 2 is 0.831 bits per heavy atom. The molecule has 0 fully saturated rings. The van der Waals surface area contributed by atoms with Crippen molar-refractivity contribution in [1.29, 1.82) is 0 Å². The highest BCUT2D eigenvalue weighted by Gasteiger charge is 2.23. The molecule has 2 N–H and O–H groups in total. The van der Waals surface area contributed by atoms with Gasteiger partial charge in [-0.25, -0.2) is 0 Å². The van der Waals surface area contributed by atoms with Gasteiger partial charge in [0.2, 0.25) is 5.91 Å². The van der Waals surface area contributed by atoms with Crippen LogP contribution in [0.2, 0.25) is 0 Å². The third kappa shape index (κ3) is 50.9. The van der Waals surface area contributed by atoms with Gasteiger partial charge in [0.05, 0.1) is 39.9 Å². The lowest BCUT2D eigenvalue weighted by Crippen LogP contribution is -2.45. The fourth-order valence-electron chi connectivity index (χ4n) is 8.74. The van der Waals surface area contributed by atoms with Gasteiger partial charge in [0.1, 0.15) is 13.2 Å². The number of carbonyl (C=O) groups is 1. The molecule has 0 radical (unpaired) electrons. The summed E-state index contributed by atoms with van der Waals surface area (Å²) < 4.78 is 23.2. The van der Waals surface area contributed by atoms with E-state index in [0.717, 1.165) is 38.5 Å². The number of phosphoric acid groups is 1. The van der Waals surface area contributed by atoms with Crippen molar-refractivity contribution in [3.63, 3.8) is 0 Å². The molecule has 0 heterocycles. The summed E-state index contributed by atoms with van der Waals surface area (Å²) in [4.78, 5) is 25.4. The lowest BCUT2D eigenvalue weighted by atomic mass is 10.0. The number of hydrogen-bond acceptors (Lipinski definition) is 6. The molecule has 3 unspecified atom stereocenters. The maximum atomic E-state index is 12.9. The molecule has 0 aliphatic carbocycles. The molecule has 3 atom stereocenters. The summed E-state index contributed by atoms with van der Waals surface area (Å²) >= 11 is 0. The summed E-state index contributed by atoms with van der Waals surface area (Å²) in [5, 5.41) is 13.8. The van der Waals surface area contributed by atoms with Crippen molar-refractivity contribution in [3.05, 3.63) is 12.2 Å². The van der Waals surface area contributed by atoms with Gasteiger partial charge in [-0.2, -0.15) is 0 Å². The molecule has 0 bridgehead atoms. The molecule has 0 saturated carbocycles. The van der Waals surface area contributed by atoms with Crippen LogP contribution in [0.25, 0.3) is 0 Å². The molecule has 0 aromatic carbocycles. The van der Waals surface area contributed by atoms with Crippen molar-refractivity contribution in [1.82, 2.24) is 5.32 Å². The van der Waals surface area contributed by atoms with Gasteiger partial charge in [-0.05, 0) is 19.3 Å². The van der Waals surface area contributed by atoms with E-state index in [1.165, 1.54) is 231 Å². The summed E-state index contributed by atoms with van der Waals surface area (Å²) in [6.07, 6.45) is 58.9. The molecule has 0 rings (SSSR count). The fourth-order valence-corrected chi connectivity index (χ4v) is 9.47. The van der Waals surface area contributed by atoms with E-state index in [-0.39, 0.29) is 19.1 Å². The van der Waals surface area contributed by atoms with E-state index in [2.05, 4.69) is 19.2 Å². The van der Waals surface area contributed by atoms with Gasteiger partial charge in [-0.15, -0.1) is 0 Å². The van der Waals surface area contributed by atoms with Crippen LogP contribution in [0.4, 0.5) is 0 Å². The van der Waals surface area contributed by atoms with Crippen LogP contribution >= 0.6 is 7.82 Å². The average molecular weight is 942 g/mol. The summed E-state index contributed by atoms with van der Waals surface area (Å²) in [7, 11) is 1.27. The van der Waals surface area contributed by atoms with Gasteiger partial charge in [0.25, 0.3) is 7.82 Å². The lowest BCUT2D eigenvalue weighted by molar-refractivity contribution is -0.870. The lowest BCUT2D eigenvalue weighted by Gasteiger charge is -2.29. The van der Waals surface area contributed by atoms with Crippen LogP contribution in [0.1, 0.15) is 290 Å². The zero-order valence-electron chi connectivity index (χ0n) is 44.2. The van der Waals surface area contributed by atoms with Gasteiger partial charge < -0.3 is 28.8 Å². The summed E-state index contributed by atoms with van der Waals surface area (Å²) in [6, 6.07) is -0.880. The number of carbonyl (C=O) groups excluding carboxylic acids is 1. The number of hydrogen-bond donors (Lipinski definition) is 2. The summed E-state index contributed by atoms with van der Waals surface area (Å²) in [5.41, 5.74) is 0. The third-order valence-corrected chi connectivity index (χ3v) is 14.2. The smallest absolute Gasteiger partial charge is 0.268 e. The molecule has 0 aromatic heterocycles. The van der Waals surface area contributed by atoms with Crippen LogP contribution in [0.5, 0.6) is 0 Å². The van der Waals surface area contributed by atoms with E-state index in [1.54, 1.807) is 6.08 Å². The van der Waals surface area contributed by atoms with Gasteiger partial charge in [-0.1, -0.05) is 276 Å². The first-order chi connectivity index (χ1) is 31.5. The first-order valence-corrected chi connectivity index (χ1v) is 30.0. The maximum absolute atomic E-state index is 12.9. The number of aliphatic hydroxyl groups excluding tert-OH is 1. The van der Waals surface area contributed by atoms with Crippen LogP contribution in [0.15, 0.2) is 12.2 Å². The minimum Gasteiger partial charge on any atom is -0.756 e. The number of unbranched alkanes of at least 4 members (excludes halogenated alkanes) is 40. The van der Waals surface area contributed by atoms with Gasteiger partial charge in [0, 0.05) is 6.42 Å². The van der Waals surface area contributed by atoms with Crippen molar-refractivity contribution in [3.8, 4) is 0 Å². The van der Waals surface area contributed by atoms with Crippen molar-refractivity contribution < 1.29 is 32.9 Å². The van der Waals surface area contributed by atoms with Gasteiger partial charge in [-0.3, -0.25) is 9.36 Å². The average Bonchev–Trinajstić information content (AvgIpc) is 3.26. The Bertz CT molecular complexity index is 1070. The predicted molar refractivity (Wildman–Crippen MR) is 279 cm³/mol. The Hall–Kier alpha value is -0.760. The molecule has 0 spiro atoms. The van der Waals surface area contributed by atoms with Crippen LogP contribution < -0.4 is 10.2 Å². The topological polar surface area (TPSA) is 108 Å². The summed E-state index contributed by atoms with van der Waals surface area (Å²) in [6.45, 7) is 4.66. The number of nitrogens with one attached hydrogen (secondary N) is 1. The molecule has 9 heteroatoms. The van der Waals surface area contributed by atoms with Crippen molar-refractivity contribution >= 4 is 13.7 Å². The SMILES string of the molecule is CCCCCCCCCC/C=C/C(O)C(COP(=O)([O-])OCC[N+](C)(C)C)NC(=O)CCCCCCCCCCCCCCCCCCCCCCCCCCCCCCCCCCC. The minimum atomic E-state index is -4.58. The molecule has 0 aromatic rings. The van der Waals surface area contributed by atoms with Crippen molar-refractivity contribution in [2.75, 3.05) is 40.9 Å². The van der Waals surface area contributed by atoms with E-state index in [1.807, 2.05) is 27.2 Å². The molecule has 1 amide bonds. The molecular weight excluding hydrogens is 828 g/mol.